The standard InChI is InChI=1S/C15H21BrN2O2S/c1-2-11-8-14(11)18-21(19,20)15-6-3-10(7-13(15)16)9-17-12-4-5-12/h3,6-7,11-12,14,17-18H,2,4-5,8-9H2,1H3. The summed E-state index contributed by atoms with van der Waals surface area (Å²) in [4.78, 5) is 0.333. The SMILES string of the molecule is CCC1CC1NS(=O)(=O)c1ccc(CNC2CC2)cc1Br. The Bertz CT molecular complexity index is 629. The number of halogens is 1. The average molecular weight is 373 g/mol. The zero-order valence-electron chi connectivity index (χ0n) is 12.1. The van der Waals surface area contributed by atoms with Crippen LogP contribution in [0.2, 0.25) is 0 Å². The van der Waals surface area contributed by atoms with Crippen molar-refractivity contribution in [3.8, 4) is 0 Å². The van der Waals surface area contributed by atoms with Crippen molar-refractivity contribution < 1.29 is 8.42 Å². The number of nitrogens with one attached hydrogen (secondary N) is 2. The van der Waals surface area contributed by atoms with Gasteiger partial charge in [0.2, 0.25) is 10.0 Å². The second-order valence-electron chi connectivity index (χ2n) is 6.05. The highest BCUT2D eigenvalue weighted by Crippen LogP contribution is 2.35. The molecule has 2 N–H and O–H groups in total. The molecule has 21 heavy (non-hydrogen) atoms. The van der Waals surface area contributed by atoms with Crippen LogP contribution < -0.4 is 10.0 Å². The Balaban J connectivity index is 1.68. The number of hydrogen-bond acceptors (Lipinski definition) is 3. The van der Waals surface area contributed by atoms with E-state index in [9.17, 15) is 8.42 Å². The van der Waals surface area contributed by atoms with E-state index in [1.165, 1.54) is 12.8 Å². The molecule has 0 aromatic heterocycles. The number of benzene rings is 1. The third-order valence-electron chi connectivity index (χ3n) is 4.21. The summed E-state index contributed by atoms with van der Waals surface area (Å²) in [6.07, 6.45) is 4.48. The van der Waals surface area contributed by atoms with E-state index in [1.807, 2.05) is 12.1 Å². The molecular formula is C15H21BrN2O2S. The van der Waals surface area contributed by atoms with E-state index in [4.69, 9.17) is 0 Å². The fourth-order valence-electron chi connectivity index (χ4n) is 2.53. The summed E-state index contributed by atoms with van der Waals surface area (Å²) in [5.74, 6) is 0.501. The van der Waals surface area contributed by atoms with E-state index >= 15 is 0 Å². The van der Waals surface area contributed by atoms with Crippen LogP contribution in [0.25, 0.3) is 0 Å². The fraction of sp³-hybridized carbons (Fsp3) is 0.600. The van der Waals surface area contributed by atoms with E-state index in [-0.39, 0.29) is 6.04 Å². The molecule has 2 atom stereocenters. The maximum Gasteiger partial charge on any atom is 0.241 e. The summed E-state index contributed by atoms with van der Waals surface area (Å²) in [5, 5.41) is 3.43. The molecule has 116 valence electrons. The third-order valence-corrected chi connectivity index (χ3v) is 6.68. The largest absolute Gasteiger partial charge is 0.310 e. The zero-order chi connectivity index (χ0) is 15.0. The average Bonchev–Trinajstić information content (AvgIpc) is 3.31. The van der Waals surface area contributed by atoms with Gasteiger partial charge in [-0.1, -0.05) is 19.4 Å². The van der Waals surface area contributed by atoms with Gasteiger partial charge in [-0.2, -0.15) is 0 Å². The predicted octanol–water partition coefficient (Wildman–Crippen LogP) is 2.78. The van der Waals surface area contributed by atoms with Crippen LogP contribution in [-0.2, 0) is 16.6 Å². The summed E-state index contributed by atoms with van der Waals surface area (Å²) >= 11 is 3.40. The first-order chi connectivity index (χ1) is 9.99. The molecule has 1 aromatic rings. The predicted molar refractivity (Wildman–Crippen MR) is 86.5 cm³/mol. The summed E-state index contributed by atoms with van der Waals surface area (Å²) in [7, 11) is -3.42. The maximum absolute atomic E-state index is 12.4. The van der Waals surface area contributed by atoms with Gasteiger partial charge in [-0.3, -0.25) is 0 Å². The van der Waals surface area contributed by atoms with Gasteiger partial charge in [-0.15, -0.1) is 0 Å². The summed E-state index contributed by atoms with van der Waals surface area (Å²) < 4.78 is 28.2. The van der Waals surface area contributed by atoms with Crippen molar-refractivity contribution in [2.75, 3.05) is 0 Å². The molecule has 0 radical (unpaired) electrons. The Hall–Kier alpha value is -0.430. The molecule has 6 heteroatoms. The highest BCUT2D eigenvalue weighted by molar-refractivity contribution is 9.10. The van der Waals surface area contributed by atoms with E-state index in [0.29, 0.717) is 21.3 Å². The van der Waals surface area contributed by atoms with Gasteiger partial charge in [0.1, 0.15) is 0 Å². The van der Waals surface area contributed by atoms with Crippen molar-refractivity contribution in [2.45, 2.75) is 56.1 Å². The Morgan fingerprint density at radius 2 is 2.10 bits per heavy atom. The molecule has 4 nitrogen and oxygen atoms in total. The van der Waals surface area contributed by atoms with Crippen LogP contribution in [-0.4, -0.2) is 20.5 Å². The van der Waals surface area contributed by atoms with Gasteiger partial charge in [-0.05, 0) is 58.8 Å². The quantitative estimate of drug-likeness (QED) is 0.773. The first kappa shape index (κ1) is 15.5. The van der Waals surface area contributed by atoms with Crippen molar-refractivity contribution >= 4 is 26.0 Å². The fourth-order valence-corrected chi connectivity index (χ4v) is 4.97. The van der Waals surface area contributed by atoms with Crippen molar-refractivity contribution in [1.82, 2.24) is 10.0 Å². The van der Waals surface area contributed by atoms with Crippen molar-refractivity contribution in [2.24, 2.45) is 5.92 Å². The summed E-state index contributed by atoms with van der Waals surface area (Å²) in [6.45, 7) is 2.88. The monoisotopic (exact) mass is 372 g/mol. The van der Waals surface area contributed by atoms with Crippen LogP contribution in [0.15, 0.2) is 27.6 Å². The smallest absolute Gasteiger partial charge is 0.241 e. The minimum Gasteiger partial charge on any atom is -0.310 e. The van der Waals surface area contributed by atoms with E-state index < -0.39 is 10.0 Å². The number of rotatable bonds is 7. The Morgan fingerprint density at radius 1 is 1.33 bits per heavy atom. The van der Waals surface area contributed by atoms with Crippen molar-refractivity contribution in [1.29, 1.82) is 0 Å². The van der Waals surface area contributed by atoms with Gasteiger partial charge in [-0.25, -0.2) is 13.1 Å². The first-order valence-electron chi connectivity index (χ1n) is 7.53. The maximum atomic E-state index is 12.4. The number of hydrogen-bond donors (Lipinski definition) is 2. The molecular weight excluding hydrogens is 352 g/mol. The Kier molecular flexibility index (Phi) is 4.41. The second kappa shape index (κ2) is 5.99. The Labute approximate surface area is 134 Å². The molecule has 1 aromatic carbocycles. The van der Waals surface area contributed by atoms with Gasteiger partial charge in [0, 0.05) is 23.1 Å². The van der Waals surface area contributed by atoms with Crippen LogP contribution >= 0.6 is 15.9 Å². The van der Waals surface area contributed by atoms with Gasteiger partial charge in [0.15, 0.2) is 0 Å². The van der Waals surface area contributed by atoms with Gasteiger partial charge in [0.25, 0.3) is 0 Å². The molecule has 3 rings (SSSR count). The highest BCUT2D eigenvalue weighted by Gasteiger charge is 2.39. The first-order valence-corrected chi connectivity index (χ1v) is 9.81. The van der Waals surface area contributed by atoms with Crippen molar-refractivity contribution in [3.05, 3.63) is 28.2 Å². The molecule has 0 spiro atoms. The van der Waals surface area contributed by atoms with E-state index in [1.54, 1.807) is 6.07 Å². The second-order valence-corrected chi connectivity index (χ2v) is 8.59. The highest BCUT2D eigenvalue weighted by atomic mass is 79.9. The molecule has 0 bridgehead atoms. The van der Waals surface area contributed by atoms with Gasteiger partial charge >= 0.3 is 0 Å². The molecule has 0 amide bonds. The molecule has 2 aliphatic carbocycles. The molecule has 2 saturated carbocycles. The molecule has 0 saturated heterocycles. The molecule has 2 fully saturated rings. The number of sulfonamides is 1. The lowest BCUT2D eigenvalue weighted by Gasteiger charge is -2.10. The van der Waals surface area contributed by atoms with Crippen molar-refractivity contribution in [3.63, 3.8) is 0 Å². The van der Waals surface area contributed by atoms with Crippen LogP contribution in [0.5, 0.6) is 0 Å². The summed E-state index contributed by atoms with van der Waals surface area (Å²) in [5.41, 5.74) is 1.10. The minimum atomic E-state index is -3.42. The summed E-state index contributed by atoms with van der Waals surface area (Å²) in [6, 6.07) is 6.24. The Morgan fingerprint density at radius 3 is 2.67 bits per heavy atom. The third kappa shape index (κ3) is 3.86. The zero-order valence-corrected chi connectivity index (χ0v) is 14.5. The van der Waals surface area contributed by atoms with Gasteiger partial charge in [0.05, 0.1) is 4.90 Å². The van der Waals surface area contributed by atoms with Crippen LogP contribution in [0.1, 0.15) is 38.2 Å². The topological polar surface area (TPSA) is 58.2 Å². The molecule has 0 heterocycles. The molecule has 2 unspecified atom stereocenters. The molecule has 0 aliphatic heterocycles. The van der Waals surface area contributed by atoms with Crippen LogP contribution in [0.3, 0.4) is 0 Å². The lowest BCUT2D eigenvalue weighted by Crippen LogP contribution is -2.27. The van der Waals surface area contributed by atoms with E-state index in [0.717, 1.165) is 24.9 Å². The van der Waals surface area contributed by atoms with Crippen LogP contribution in [0, 0.1) is 5.92 Å². The van der Waals surface area contributed by atoms with Gasteiger partial charge < -0.3 is 5.32 Å². The normalized spacial score (nSPS) is 25.0. The van der Waals surface area contributed by atoms with Crippen LogP contribution in [0.4, 0.5) is 0 Å². The lowest BCUT2D eigenvalue weighted by molar-refractivity contribution is 0.575. The lowest BCUT2D eigenvalue weighted by atomic mass is 10.2. The molecule has 2 aliphatic rings. The minimum absolute atomic E-state index is 0.114. The van der Waals surface area contributed by atoms with E-state index in [2.05, 4.69) is 32.9 Å².